The molecular weight excluding hydrogens is 413 g/mol. The molecule has 0 aromatic heterocycles. The highest BCUT2D eigenvalue weighted by Crippen LogP contribution is 2.23. The molecule has 0 rings (SSSR count). The normalized spacial score (nSPS) is 14.9. The molecular formula is C12H36O8Si5. The lowest BCUT2D eigenvalue weighted by atomic mass is 11.8. The van der Waals surface area contributed by atoms with Gasteiger partial charge in [0.1, 0.15) is 0 Å². The number of rotatable bonds is 12. The van der Waals surface area contributed by atoms with Gasteiger partial charge in [-0.25, -0.2) is 18.3 Å². The van der Waals surface area contributed by atoms with Gasteiger partial charge in [0, 0.05) is 0 Å². The van der Waals surface area contributed by atoms with E-state index in [1.807, 2.05) is 78.6 Å². The average molecular weight is 449 g/mol. The Morgan fingerprint density at radius 3 is 0.560 bits per heavy atom. The van der Waals surface area contributed by atoms with E-state index in [9.17, 15) is 0 Å². The molecule has 0 spiro atoms. The lowest BCUT2D eigenvalue weighted by molar-refractivity contribution is -0.364. The minimum atomic E-state index is -3.98. The van der Waals surface area contributed by atoms with Crippen molar-refractivity contribution in [2.45, 2.75) is 78.6 Å². The lowest BCUT2D eigenvalue weighted by Crippen LogP contribution is -2.55. The Morgan fingerprint density at radius 2 is 0.440 bits per heavy atom. The molecule has 0 fully saturated rings. The van der Waals surface area contributed by atoms with Crippen molar-refractivity contribution in [3.05, 3.63) is 0 Å². The Morgan fingerprint density at radius 1 is 0.280 bits per heavy atom. The second kappa shape index (κ2) is 9.31. The molecule has 0 radical (unpaired) electrons. The number of hydrogen-bond acceptors (Lipinski definition) is 8. The van der Waals surface area contributed by atoms with Crippen LogP contribution in [0.25, 0.3) is 0 Å². The van der Waals surface area contributed by atoms with Crippen molar-refractivity contribution in [3.63, 3.8) is 0 Å². The zero-order chi connectivity index (χ0) is 20.2. The molecule has 152 valence electrons. The smallest absolute Gasteiger partial charge is 0.291 e. The molecule has 0 aromatic rings. The monoisotopic (exact) mass is 448 g/mol. The third kappa shape index (κ3) is 15.5. The molecule has 0 atom stereocenters. The summed E-state index contributed by atoms with van der Waals surface area (Å²) in [5, 5.41) is 0. The first-order valence-corrected chi connectivity index (χ1v) is 23.6. The van der Waals surface area contributed by atoms with Gasteiger partial charge in [-0.3, -0.25) is 18.3 Å². The van der Waals surface area contributed by atoms with Gasteiger partial charge < -0.3 is 0 Å². The maximum Gasteiger partial charge on any atom is 0.788 e. The Hall–Kier alpha value is 0.764. The highest BCUT2D eigenvalue weighted by atomic mass is 28.4. The fourth-order valence-electron chi connectivity index (χ4n) is 0.787. The summed E-state index contributed by atoms with van der Waals surface area (Å²) in [5.74, 6) is 0. The van der Waals surface area contributed by atoms with Crippen LogP contribution in [0.15, 0.2) is 0 Å². The maximum atomic E-state index is 5.52. The van der Waals surface area contributed by atoms with Crippen LogP contribution in [-0.2, 0) is 36.6 Å². The molecule has 0 aliphatic rings. The SMILES string of the molecule is C[Si](C)(C)OO[Si](OO[Si](C)(C)C)(OO[Si](C)(C)C)OO[Si](C)(C)C. The van der Waals surface area contributed by atoms with E-state index >= 15 is 0 Å². The van der Waals surface area contributed by atoms with E-state index < -0.39 is 42.3 Å². The van der Waals surface area contributed by atoms with Crippen LogP contribution in [0.5, 0.6) is 0 Å². The van der Waals surface area contributed by atoms with Gasteiger partial charge in [0.15, 0.2) is 0 Å². The highest BCUT2D eigenvalue weighted by Gasteiger charge is 2.57. The number of hydrogen-bond donors (Lipinski definition) is 0. The molecule has 25 heavy (non-hydrogen) atoms. The summed E-state index contributed by atoms with van der Waals surface area (Å²) in [6.07, 6.45) is 0. The van der Waals surface area contributed by atoms with Crippen LogP contribution in [0.3, 0.4) is 0 Å². The summed E-state index contributed by atoms with van der Waals surface area (Å²) < 4.78 is 44.1. The third-order valence-electron chi connectivity index (χ3n) is 1.57. The van der Waals surface area contributed by atoms with E-state index in [1.165, 1.54) is 0 Å². The first-order valence-electron chi connectivity index (χ1n) is 8.30. The largest absolute Gasteiger partial charge is 0.788 e. The van der Waals surface area contributed by atoms with Crippen LogP contribution in [0.1, 0.15) is 0 Å². The second-order valence-corrected chi connectivity index (χ2v) is 28.8. The highest BCUT2D eigenvalue weighted by molar-refractivity contribution is 6.72. The first kappa shape index (κ1) is 25.8. The van der Waals surface area contributed by atoms with Crippen LogP contribution in [0, 0.1) is 0 Å². The van der Waals surface area contributed by atoms with Crippen LogP contribution in [-0.4, -0.2) is 42.3 Å². The maximum absolute atomic E-state index is 5.52. The van der Waals surface area contributed by atoms with Crippen molar-refractivity contribution < 1.29 is 36.6 Å². The fourth-order valence-corrected chi connectivity index (χ4v) is 6.59. The van der Waals surface area contributed by atoms with Gasteiger partial charge in [-0.2, -0.15) is 0 Å². The molecule has 13 heteroatoms. The van der Waals surface area contributed by atoms with Crippen molar-refractivity contribution in [1.82, 2.24) is 0 Å². The van der Waals surface area contributed by atoms with Gasteiger partial charge in [-0.15, -0.1) is 0 Å². The summed E-state index contributed by atoms with van der Waals surface area (Å²) in [7, 11) is -12.2. The van der Waals surface area contributed by atoms with Crippen molar-refractivity contribution in [2.24, 2.45) is 0 Å². The van der Waals surface area contributed by atoms with Crippen molar-refractivity contribution in [3.8, 4) is 0 Å². The van der Waals surface area contributed by atoms with E-state index in [1.54, 1.807) is 0 Å². The minimum Gasteiger partial charge on any atom is -0.291 e. The standard InChI is InChI=1S/C12H36O8Si5/c1-21(2,3)13-17-25(18-14-22(4,5)6,19-15-23(7,8)9)20-16-24(10,11)12/h1-12H3. The predicted octanol–water partition coefficient (Wildman–Crippen LogP) is 4.55. The molecule has 0 bridgehead atoms. The zero-order valence-electron chi connectivity index (χ0n) is 17.8. The third-order valence-corrected chi connectivity index (χ3v) is 5.72. The summed E-state index contributed by atoms with van der Waals surface area (Å²) in [5.41, 5.74) is 0. The van der Waals surface area contributed by atoms with E-state index in [2.05, 4.69) is 0 Å². The summed E-state index contributed by atoms with van der Waals surface area (Å²) in [6, 6.07) is 0. The molecule has 8 nitrogen and oxygen atoms in total. The fraction of sp³-hybridized carbons (Fsp3) is 1.00. The molecule has 0 aliphatic heterocycles. The van der Waals surface area contributed by atoms with Crippen LogP contribution < -0.4 is 0 Å². The van der Waals surface area contributed by atoms with Crippen LogP contribution in [0.4, 0.5) is 0 Å². The summed E-state index contributed by atoms with van der Waals surface area (Å²) in [6.45, 7) is 23.6. The van der Waals surface area contributed by atoms with Gasteiger partial charge in [-0.05, 0) is 78.6 Å². The summed E-state index contributed by atoms with van der Waals surface area (Å²) in [4.78, 5) is 0. The Balaban J connectivity index is 5.41. The zero-order valence-corrected chi connectivity index (χ0v) is 22.8. The molecule has 0 aliphatic carbocycles. The van der Waals surface area contributed by atoms with Crippen LogP contribution in [0.2, 0.25) is 78.6 Å². The van der Waals surface area contributed by atoms with Gasteiger partial charge in [0.05, 0.1) is 0 Å². The lowest BCUT2D eigenvalue weighted by Gasteiger charge is -2.32. The molecule has 0 heterocycles. The van der Waals surface area contributed by atoms with E-state index in [4.69, 9.17) is 36.6 Å². The predicted molar refractivity (Wildman–Crippen MR) is 108 cm³/mol. The van der Waals surface area contributed by atoms with Gasteiger partial charge in [0.25, 0.3) is 0 Å². The average Bonchev–Trinajstić information content (AvgIpc) is 2.33. The van der Waals surface area contributed by atoms with Crippen molar-refractivity contribution in [1.29, 1.82) is 0 Å². The molecule has 0 aromatic carbocycles. The van der Waals surface area contributed by atoms with Crippen LogP contribution >= 0.6 is 0 Å². The molecule has 0 amide bonds. The van der Waals surface area contributed by atoms with Crippen molar-refractivity contribution in [2.75, 3.05) is 0 Å². The topological polar surface area (TPSA) is 73.8 Å². The van der Waals surface area contributed by atoms with Gasteiger partial charge in [-0.1, -0.05) is 0 Å². The quantitative estimate of drug-likeness (QED) is 0.244. The Labute approximate surface area is 157 Å². The summed E-state index contributed by atoms with van der Waals surface area (Å²) >= 11 is 0. The Kier molecular flexibility index (Phi) is 9.59. The van der Waals surface area contributed by atoms with Crippen molar-refractivity contribution >= 4 is 42.3 Å². The van der Waals surface area contributed by atoms with E-state index in [0.717, 1.165) is 0 Å². The minimum absolute atomic E-state index is 1.96. The Bertz CT molecular complexity index is 319. The van der Waals surface area contributed by atoms with Gasteiger partial charge >= 0.3 is 9.05 Å². The van der Waals surface area contributed by atoms with E-state index in [0.29, 0.717) is 0 Å². The first-order chi connectivity index (χ1) is 10.8. The molecule has 0 unspecified atom stereocenters. The molecule has 0 N–H and O–H groups in total. The molecule has 0 saturated heterocycles. The van der Waals surface area contributed by atoms with E-state index in [-0.39, 0.29) is 0 Å². The molecule has 0 saturated carbocycles. The van der Waals surface area contributed by atoms with Gasteiger partial charge in [0.2, 0.25) is 33.3 Å². The second-order valence-electron chi connectivity index (χ2n) is 9.62.